The first-order valence-corrected chi connectivity index (χ1v) is 4.29. The molecule has 11 heavy (non-hydrogen) atoms. The van der Waals surface area contributed by atoms with Crippen molar-refractivity contribution in [1.29, 1.82) is 0 Å². The lowest BCUT2D eigenvalue weighted by molar-refractivity contribution is 0.237. The molecule has 0 spiro atoms. The van der Waals surface area contributed by atoms with Crippen molar-refractivity contribution in [2.75, 3.05) is 6.61 Å². The van der Waals surface area contributed by atoms with Crippen LogP contribution in [-0.4, -0.2) is 11.7 Å². The van der Waals surface area contributed by atoms with Gasteiger partial charge in [-0.25, -0.2) is 0 Å². The molecule has 62 valence electrons. The van der Waals surface area contributed by atoms with E-state index in [1.807, 2.05) is 0 Å². The van der Waals surface area contributed by atoms with Gasteiger partial charge in [0.25, 0.3) is 0 Å². The fourth-order valence-corrected chi connectivity index (χ4v) is 1.29. The van der Waals surface area contributed by atoms with Gasteiger partial charge in [-0.1, -0.05) is 30.7 Å². The quantitative estimate of drug-likeness (QED) is 0.657. The minimum atomic E-state index is 0.297. The number of hydrogen-bond donors (Lipinski definition) is 1. The lowest BCUT2D eigenvalue weighted by Gasteiger charge is -2.10. The van der Waals surface area contributed by atoms with Crippen LogP contribution >= 0.6 is 0 Å². The molecular formula is C10H16O. The predicted molar refractivity (Wildman–Crippen MR) is 47.3 cm³/mol. The Hall–Kier alpha value is -0.560. The van der Waals surface area contributed by atoms with E-state index < -0.39 is 0 Å². The standard InChI is InChI=1S/C10H16O/c1-9(8-11)7-10-5-3-2-4-6-10/h3,5-6,9,11H,2,4,7-8H2,1H3. The Kier molecular flexibility index (Phi) is 3.37. The molecule has 0 radical (unpaired) electrons. The zero-order chi connectivity index (χ0) is 8.10. The van der Waals surface area contributed by atoms with Gasteiger partial charge in [0.15, 0.2) is 0 Å². The second kappa shape index (κ2) is 4.35. The third-order valence-electron chi connectivity index (χ3n) is 1.97. The zero-order valence-corrected chi connectivity index (χ0v) is 7.09. The number of aliphatic hydroxyl groups excluding tert-OH is 1. The third-order valence-corrected chi connectivity index (χ3v) is 1.97. The summed E-state index contributed by atoms with van der Waals surface area (Å²) >= 11 is 0. The summed E-state index contributed by atoms with van der Waals surface area (Å²) in [5, 5.41) is 8.81. The van der Waals surface area contributed by atoms with E-state index in [1.54, 1.807) is 0 Å². The zero-order valence-electron chi connectivity index (χ0n) is 7.09. The maximum Gasteiger partial charge on any atom is 0.0459 e. The molecule has 0 bridgehead atoms. The van der Waals surface area contributed by atoms with Gasteiger partial charge < -0.3 is 5.11 Å². The van der Waals surface area contributed by atoms with Gasteiger partial charge in [0, 0.05) is 6.61 Å². The minimum Gasteiger partial charge on any atom is -0.396 e. The van der Waals surface area contributed by atoms with Crippen LogP contribution in [0.15, 0.2) is 23.8 Å². The van der Waals surface area contributed by atoms with Crippen molar-refractivity contribution in [2.24, 2.45) is 5.92 Å². The molecule has 0 heterocycles. The van der Waals surface area contributed by atoms with Crippen molar-refractivity contribution in [3.63, 3.8) is 0 Å². The summed E-state index contributed by atoms with van der Waals surface area (Å²) < 4.78 is 0. The van der Waals surface area contributed by atoms with Gasteiger partial charge in [-0.15, -0.1) is 0 Å². The van der Waals surface area contributed by atoms with E-state index in [4.69, 9.17) is 5.11 Å². The van der Waals surface area contributed by atoms with Crippen LogP contribution in [0.2, 0.25) is 0 Å². The maximum atomic E-state index is 8.81. The van der Waals surface area contributed by atoms with Gasteiger partial charge >= 0.3 is 0 Å². The van der Waals surface area contributed by atoms with Gasteiger partial charge in [0.1, 0.15) is 0 Å². The van der Waals surface area contributed by atoms with E-state index >= 15 is 0 Å². The number of aliphatic hydroxyl groups is 1. The first kappa shape index (κ1) is 8.54. The largest absolute Gasteiger partial charge is 0.396 e. The van der Waals surface area contributed by atoms with Crippen LogP contribution in [0.25, 0.3) is 0 Å². The minimum absolute atomic E-state index is 0.297. The topological polar surface area (TPSA) is 20.2 Å². The second-order valence-electron chi connectivity index (χ2n) is 3.25. The van der Waals surface area contributed by atoms with Crippen LogP contribution in [0.4, 0.5) is 0 Å². The number of hydrogen-bond acceptors (Lipinski definition) is 1. The fraction of sp³-hybridized carbons (Fsp3) is 0.600. The highest BCUT2D eigenvalue weighted by molar-refractivity contribution is 5.22. The summed E-state index contributed by atoms with van der Waals surface area (Å²) in [6.45, 7) is 2.37. The molecule has 1 N–H and O–H groups in total. The monoisotopic (exact) mass is 152 g/mol. The predicted octanol–water partition coefficient (Wildman–Crippen LogP) is 2.28. The van der Waals surface area contributed by atoms with Crippen molar-refractivity contribution in [3.8, 4) is 0 Å². The Morgan fingerprint density at radius 3 is 2.91 bits per heavy atom. The van der Waals surface area contributed by atoms with Crippen molar-refractivity contribution in [2.45, 2.75) is 26.2 Å². The lowest BCUT2D eigenvalue weighted by atomic mass is 9.97. The second-order valence-corrected chi connectivity index (χ2v) is 3.25. The van der Waals surface area contributed by atoms with E-state index in [-0.39, 0.29) is 0 Å². The SMILES string of the molecule is CC(CO)CC1=CCCC=C1. The molecule has 0 fully saturated rings. The molecule has 0 amide bonds. The van der Waals surface area contributed by atoms with Crippen molar-refractivity contribution >= 4 is 0 Å². The van der Waals surface area contributed by atoms with Gasteiger partial charge in [-0.05, 0) is 25.2 Å². The van der Waals surface area contributed by atoms with E-state index in [2.05, 4.69) is 25.2 Å². The van der Waals surface area contributed by atoms with Gasteiger partial charge in [0.05, 0.1) is 0 Å². The van der Waals surface area contributed by atoms with E-state index in [0.717, 1.165) is 6.42 Å². The fourth-order valence-electron chi connectivity index (χ4n) is 1.29. The van der Waals surface area contributed by atoms with Crippen LogP contribution < -0.4 is 0 Å². The molecule has 1 aliphatic carbocycles. The van der Waals surface area contributed by atoms with E-state index in [1.165, 1.54) is 18.4 Å². The molecule has 1 rings (SSSR count). The summed E-state index contributed by atoms with van der Waals surface area (Å²) in [6, 6.07) is 0. The van der Waals surface area contributed by atoms with Crippen LogP contribution in [0.5, 0.6) is 0 Å². The van der Waals surface area contributed by atoms with E-state index in [9.17, 15) is 0 Å². The first-order chi connectivity index (χ1) is 5.33. The Balaban J connectivity index is 2.36. The number of rotatable bonds is 3. The van der Waals surface area contributed by atoms with Crippen LogP contribution in [-0.2, 0) is 0 Å². The molecule has 1 nitrogen and oxygen atoms in total. The van der Waals surface area contributed by atoms with Gasteiger partial charge in [0.2, 0.25) is 0 Å². The molecule has 0 aromatic rings. The summed E-state index contributed by atoms with van der Waals surface area (Å²) in [6.07, 6.45) is 10.0. The molecule has 0 aromatic carbocycles. The Bertz CT molecular complexity index is 168. The average Bonchev–Trinajstić information content (AvgIpc) is 2.06. The Morgan fingerprint density at radius 1 is 1.55 bits per heavy atom. The number of allylic oxidation sites excluding steroid dienone is 4. The van der Waals surface area contributed by atoms with Crippen molar-refractivity contribution in [1.82, 2.24) is 0 Å². The van der Waals surface area contributed by atoms with Crippen molar-refractivity contribution in [3.05, 3.63) is 23.8 Å². The lowest BCUT2D eigenvalue weighted by Crippen LogP contribution is -2.01. The van der Waals surface area contributed by atoms with Crippen LogP contribution in [0, 0.1) is 5.92 Å². The highest BCUT2D eigenvalue weighted by Gasteiger charge is 2.03. The van der Waals surface area contributed by atoms with Crippen LogP contribution in [0.1, 0.15) is 26.2 Å². The molecule has 1 unspecified atom stereocenters. The van der Waals surface area contributed by atoms with Crippen LogP contribution in [0.3, 0.4) is 0 Å². The third kappa shape index (κ3) is 2.89. The van der Waals surface area contributed by atoms with Gasteiger partial charge in [-0.3, -0.25) is 0 Å². The molecule has 1 aliphatic rings. The van der Waals surface area contributed by atoms with Crippen molar-refractivity contribution < 1.29 is 5.11 Å². The molecule has 1 heteroatoms. The molecule has 0 saturated heterocycles. The summed E-state index contributed by atoms with van der Waals surface area (Å²) in [7, 11) is 0. The Morgan fingerprint density at radius 2 is 2.36 bits per heavy atom. The highest BCUT2D eigenvalue weighted by Crippen LogP contribution is 2.17. The summed E-state index contributed by atoms with van der Waals surface area (Å²) in [4.78, 5) is 0. The molecule has 0 aliphatic heterocycles. The average molecular weight is 152 g/mol. The van der Waals surface area contributed by atoms with E-state index in [0.29, 0.717) is 12.5 Å². The smallest absolute Gasteiger partial charge is 0.0459 e. The normalized spacial score (nSPS) is 19.6. The maximum absolute atomic E-state index is 8.81. The molecule has 0 aromatic heterocycles. The van der Waals surface area contributed by atoms with Gasteiger partial charge in [-0.2, -0.15) is 0 Å². The Labute approximate surface area is 68.4 Å². The molecule has 0 saturated carbocycles. The summed E-state index contributed by atoms with van der Waals surface area (Å²) in [5.41, 5.74) is 1.39. The first-order valence-electron chi connectivity index (χ1n) is 4.29. The summed E-state index contributed by atoms with van der Waals surface area (Å²) in [5.74, 6) is 0.406. The molecule has 1 atom stereocenters. The highest BCUT2D eigenvalue weighted by atomic mass is 16.3. The molecular weight excluding hydrogens is 136 g/mol.